The first-order valence-electron chi connectivity index (χ1n) is 7.34. The van der Waals surface area contributed by atoms with Crippen molar-refractivity contribution in [3.05, 3.63) is 29.3 Å². The lowest BCUT2D eigenvalue weighted by Crippen LogP contribution is -2.41. The molecule has 2 saturated heterocycles. The molecule has 0 atom stereocenters. The van der Waals surface area contributed by atoms with Crippen LogP contribution < -0.4 is 5.46 Å². The molecule has 1 aromatic rings. The molecule has 0 unspecified atom stereocenters. The normalized spacial score (nSPS) is 24.8. The minimum Gasteiger partial charge on any atom is -0.399 e. The molecule has 0 amide bonds. The maximum atomic E-state index is 6.20. The number of benzene rings is 1. The number of ether oxygens (including phenoxy) is 1. The molecule has 0 bridgehead atoms. The van der Waals surface area contributed by atoms with E-state index in [0.717, 1.165) is 18.7 Å². The first-order chi connectivity index (χ1) is 9.32. The average Bonchev–Trinajstić information content (AvgIpc) is 2.48. The van der Waals surface area contributed by atoms with Gasteiger partial charge in [0.25, 0.3) is 0 Å². The van der Waals surface area contributed by atoms with E-state index in [4.69, 9.17) is 14.0 Å². The molecule has 3 nitrogen and oxygen atoms in total. The van der Waals surface area contributed by atoms with Crippen LogP contribution in [-0.4, -0.2) is 31.5 Å². The van der Waals surface area contributed by atoms with Crippen molar-refractivity contribution in [2.45, 2.75) is 51.7 Å². The van der Waals surface area contributed by atoms with E-state index < -0.39 is 0 Å². The van der Waals surface area contributed by atoms with E-state index in [9.17, 15) is 0 Å². The Morgan fingerprint density at radius 1 is 1.05 bits per heavy atom. The maximum Gasteiger partial charge on any atom is 0.495 e. The van der Waals surface area contributed by atoms with Crippen LogP contribution in [0.15, 0.2) is 18.2 Å². The third-order valence-corrected chi connectivity index (χ3v) is 4.91. The summed E-state index contributed by atoms with van der Waals surface area (Å²) in [4.78, 5) is 0. The van der Waals surface area contributed by atoms with Crippen molar-refractivity contribution in [3.63, 3.8) is 0 Å². The Labute approximate surface area is 121 Å². The molecule has 108 valence electrons. The Morgan fingerprint density at radius 2 is 1.65 bits per heavy atom. The molecule has 0 spiro atoms. The Hall–Kier alpha value is -0.835. The van der Waals surface area contributed by atoms with Crippen molar-refractivity contribution in [1.82, 2.24) is 0 Å². The first-order valence-corrected chi connectivity index (χ1v) is 7.34. The van der Waals surface area contributed by atoms with Crippen LogP contribution >= 0.6 is 0 Å². The molecular weight excluding hydrogens is 251 g/mol. The van der Waals surface area contributed by atoms with Gasteiger partial charge in [-0.15, -0.1) is 0 Å². The molecule has 0 saturated carbocycles. The van der Waals surface area contributed by atoms with Crippen molar-refractivity contribution in [3.8, 4) is 0 Å². The van der Waals surface area contributed by atoms with Crippen molar-refractivity contribution >= 4 is 12.6 Å². The second kappa shape index (κ2) is 4.59. The van der Waals surface area contributed by atoms with Gasteiger partial charge in [-0.05, 0) is 51.2 Å². The van der Waals surface area contributed by atoms with Gasteiger partial charge in [0.1, 0.15) is 0 Å². The van der Waals surface area contributed by atoms with Crippen molar-refractivity contribution < 1.29 is 14.0 Å². The highest BCUT2D eigenvalue weighted by molar-refractivity contribution is 6.62. The van der Waals surface area contributed by atoms with Gasteiger partial charge < -0.3 is 14.0 Å². The van der Waals surface area contributed by atoms with Crippen LogP contribution in [0.3, 0.4) is 0 Å². The molecule has 2 aliphatic rings. The summed E-state index contributed by atoms with van der Waals surface area (Å²) in [5.74, 6) is 0.477. The van der Waals surface area contributed by atoms with Gasteiger partial charge in [0, 0.05) is 5.92 Å². The summed E-state index contributed by atoms with van der Waals surface area (Å²) < 4.78 is 17.8. The molecule has 4 heteroatoms. The zero-order valence-corrected chi connectivity index (χ0v) is 13.0. The summed E-state index contributed by atoms with van der Waals surface area (Å²) in [7, 11) is -0.282. The molecule has 1 aromatic carbocycles. The van der Waals surface area contributed by atoms with Gasteiger partial charge in [-0.3, -0.25) is 0 Å². The summed E-state index contributed by atoms with van der Waals surface area (Å²) in [5, 5.41) is 0. The van der Waals surface area contributed by atoms with Gasteiger partial charge >= 0.3 is 7.12 Å². The summed E-state index contributed by atoms with van der Waals surface area (Å²) in [6, 6.07) is 6.36. The lowest BCUT2D eigenvalue weighted by Gasteiger charge is -2.32. The molecule has 2 fully saturated rings. The molecule has 2 aliphatic heterocycles. The molecule has 0 N–H and O–H groups in total. The van der Waals surface area contributed by atoms with Crippen molar-refractivity contribution in [2.75, 3.05) is 13.2 Å². The number of rotatable bonds is 2. The lowest BCUT2D eigenvalue weighted by molar-refractivity contribution is 0.00578. The quantitative estimate of drug-likeness (QED) is 0.775. The predicted molar refractivity (Wildman–Crippen MR) is 80.5 cm³/mol. The van der Waals surface area contributed by atoms with Gasteiger partial charge in [-0.1, -0.05) is 18.2 Å². The van der Waals surface area contributed by atoms with E-state index in [2.05, 4.69) is 52.8 Å². The minimum absolute atomic E-state index is 0.282. The Balaban J connectivity index is 1.97. The topological polar surface area (TPSA) is 27.7 Å². The van der Waals surface area contributed by atoms with Crippen molar-refractivity contribution in [2.24, 2.45) is 0 Å². The lowest BCUT2D eigenvalue weighted by atomic mass is 9.71. The zero-order valence-electron chi connectivity index (χ0n) is 13.0. The first kappa shape index (κ1) is 14.1. The van der Waals surface area contributed by atoms with E-state index in [1.807, 2.05) is 0 Å². The Bertz CT molecular complexity index is 504. The van der Waals surface area contributed by atoms with Gasteiger partial charge in [0.05, 0.1) is 24.4 Å². The maximum absolute atomic E-state index is 6.20. The molecule has 3 rings (SSSR count). The van der Waals surface area contributed by atoms with Crippen molar-refractivity contribution in [1.29, 1.82) is 0 Å². The fourth-order valence-corrected chi connectivity index (χ4v) is 2.84. The fourth-order valence-electron chi connectivity index (χ4n) is 2.84. The molecule has 20 heavy (non-hydrogen) atoms. The number of hydrogen-bond acceptors (Lipinski definition) is 3. The van der Waals surface area contributed by atoms with E-state index in [0.29, 0.717) is 5.92 Å². The molecule has 0 aromatic heterocycles. The SMILES string of the molecule is Cc1cccc(B2OC(C)(C)C(C)(C)O2)c1C1COC1. The molecule has 0 radical (unpaired) electrons. The van der Waals surface area contributed by atoms with E-state index in [1.54, 1.807) is 0 Å². The van der Waals surface area contributed by atoms with Crippen LogP contribution in [0.4, 0.5) is 0 Å². The number of aryl methyl sites for hydroxylation is 1. The van der Waals surface area contributed by atoms with Gasteiger partial charge in [-0.2, -0.15) is 0 Å². The van der Waals surface area contributed by atoms with Crippen LogP contribution in [-0.2, 0) is 14.0 Å². The van der Waals surface area contributed by atoms with Crippen LogP contribution in [0.1, 0.15) is 44.7 Å². The highest BCUT2D eigenvalue weighted by Gasteiger charge is 2.52. The highest BCUT2D eigenvalue weighted by Crippen LogP contribution is 2.37. The van der Waals surface area contributed by atoms with Crippen LogP contribution in [0.2, 0.25) is 0 Å². The molecule has 0 aliphatic carbocycles. The highest BCUT2D eigenvalue weighted by atomic mass is 16.7. The fraction of sp³-hybridized carbons (Fsp3) is 0.625. The second-order valence-corrected chi connectivity index (χ2v) is 6.90. The number of hydrogen-bond donors (Lipinski definition) is 0. The monoisotopic (exact) mass is 274 g/mol. The Morgan fingerprint density at radius 3 is 2.15 bits per heavy atom. The van der Waals surface area contributed by atoms with Crippen LogP contribution in [0, 0.1) is 6.92 Å². The summed E-state index contributed by atoms with van der Waals surface area (Å²) in [6.45, 7) is 12.1. The van der Waals surface area contributed by atoms with E-state index in [1.165, 1.54) is 11.1 Å². The smallest absolute Gasteiger partial charge is 0.399 e. The van der Waals surface area contributed by atoms with E-state index in [-0.39, 0.29) is 18.3 Å². The minimum atomic E-state index is -0.297. The van der Waals surface area contributed by atoms with Crippen LogP contribution in [0.25, 0.3) is 0 Å². The van der Waals surface area contributed by atoms with Gasteiger partial charge in [-0.25, -0.2) is 0 Å². The summed E-state index contributed by atoms with van der Waals surface area (Å²) in [5.41, 5.74) is 3.21. The van der Waals surface area contributed by atoms with E-state index >= 15 is 0 Å². The summed E-state index contributed by atoms with van der Waals surface area (Å²) >= 11 is 0. The average molecular weight is 274 g/mol. The molecule has 2 heterocycles. The zero-order chi connectivity index (χ0) is 14.5. The Kier molecular flexibility index (Phi) is 3.24. The van der Waals surface area contributed by atoms with Crippen LogP contribution in [0.5, 0.6) is 0 Å². The predicted octanol–water partition coefficient (Wildman–Crippen LogP) is 2.41. The third-order valence-electron chi connectivity index (χ3n) is 4.91. The largest absolute Gasteiger partial charge is 0.495 e. The summed E-state index contributed by atoms with van der Waals surface area (Å²) in [6.07, 6.45) is 0. The van der Waals surface area contributed by atoms with Gasteiger partial charge in [0.15, 0.2) is 0 Å². The molecular formula is C16H23BO3. The second-order valence-electron chi connectivity index (χ2n) is 6.90. The van der Waals surface area contributed by atoms with Gasteiger partial charge in [0.2, 0.25) is 0 Å². The third kappa shape index (κ3) is 2.10. The standard InChI is InChI=1S/C16H23BO3/c1-11-7-6-8-13(14(11)12-9-18-10-12)17-19-15(2,3)16(4,5)20-17/h6-8,12H,9-10H2,1-5H3.